The van der Waals surface area contributed by atoms with Crippen molar-refractivity contribution in [3.05, 3.63) is 84.1 Å². The van der Waals surface area contributed by atoms with E-state index in [1.807, 2.05) is 54.6 Å². The summed E-state index contributed by atoms with van der Waals surface area (Å²) in [4.78, 5) is 33.0. The monoisotopic (exact) mass is 393 g/mol. The maximum atomic E-state index is 13.0. The molecule has 0 radical (unpaired) electrons. The number of hydrogen-bond acceptors (Lipinski definition) is 2. The molecule has 0 saturated heterocycles. The molecule has 4 aromatic rings. The minimum atomic E-state index is -4.69. The summed E-state index contributed by atoms with van der Waals surface area (Å²) < 4.78 is 14.1. The highest BCUT2D eigenvalue weighted by molar-refractivity contribution is 7.53. The molecule has 0 aliphatic rings. The van der Waals surface area contributed by atoms with E-state index in [0.29, 0.717) is 10.9 Å². The fourth-order valence-corrected chi connectivity index (χ4v) is 4.81. The van der Waals surface area contributed by atoms with Crippen LogP contribution in [0.2, 0.25) is 0 Å². The van der Waals surface area contributed by atoms with Gasteiger partial charge in [0.25, 0.3) is 0 Å². The summed E-state index contributed by atoms with van der Waals surface area (Å²) >= 11 is 0. The highest BCUT2D eigenvalue weighted by Gasteiger charge is 2.38. The molecule has 1 aromatic heterocycles. The van der Waals surface area contributed by atoms with Crippen molar-refractivity contribution < 1.29 is 19.1 Å². The number of ketones is 1. The number of aryl methyl sites for hydroxylation is 1. The second-order valence-electron chi connectivity index (χ2n) is 7.03. The Morgan fingerprint density at radius 3 is 2.43 bits per heavy atom. The summed E-state index contributed by atoms with van der Waals surface area (Å²) in [7, 11) is -2.89. The number of aromatic nitrogens is 1. The summed E-state index contributed by atoms with van der Waals surface area (Å²) in [5.74, 6) is -0.486. The third-order valence-electron chi connectivity index (χ3n) is 5.06. The lowest BCUT2D eigenvalue weighted by molar-refractivity contribution is -0.118. The van der Waals surface area contributed by atoms with E-state index >= 15 is 0 Å². The second-order valence-corrected chi connectivity index (χ2v) is 8.72. The van der Waals surface area contributed by atoms with Gasteiger partial charge in [0.1, 0.15) is 5.66 Å². The van der Waals surface area contributed by atoms with Gasteiger partial charge in [-0.1, -0.05) is 60.7 Å². The molecule has 0 aliphatic heterocycles. The van der Waals surface area contributed by atoms with Crippen molar-refractivity contribution in [3.8, 4) is 0 Å². The number of hydrogen-bond donors (Lipinski definition) is 2. The number of para-hydroxylation sites is 1. The van der Waals surface area contributed by atoms with Gasteiger partial charge in [-0.2, -0.15) is 0 Å². The number of benzene rings is 3. The summed E-state index contributed by atoms with van der Waals surface area (Å²) in [6.45, 7) is 0. The second kappa shape index (κ2) is 7.02. The van der Waals surface area contributed by atoms with Crippen LogP contribution in [0.3, 0.4) is 0 Å². The predicted molar refractivity (Wildman–Crippen MR) is 110 cm³/mol. The van der Waals surface area contributed by atoms with Gasteiger partial charge in [0.15, 0.2) is 5.78 Å². The van der Waals surface area contributed by atoms with Crippen LogP contribution < -0.4 is 0 Å². The van der Waals surface area contributed by atoms with Gasteiger partial charge < -0.3 is 14.4 Å². The molecule has 2 N–H and O–H groups in total. The molecule has 0 bridgehead atoms. The number of fused-ring (bicyclic) bond motifs is 2. The Morgan fingerprint density at radius 1 is 1.00 bits per heavy atom. The first-order valence-corrected chi connectivity index (χ1v) is 10.6. The lowest BCUT2D eigenvalue weighted by Crippen LogP contribution is -2.15. The van der Waals surface area contributed by atoms with E-state index in [0.717, 1.165) is 21.9 Å². The third kappa shape index (κ3) is 3.40. The first kappa shape index (κ1) is 18.6. The van der Waals surface area contributed by atoms with E-state index in [4.69, 9.17) is 0 Å². The van der Waals surface area contributed by atoms with Crippen molar-refractivity contribution in [1.29, 1.82) is 0 Å². The lowest BCUT2D eigenvalue weighted by atomic mass is 9.99. The van der Waals surface area contributed by atoms with Gasteiger partial charge in [0, 0.05) is 36.1 Å². The number of carbonyl (C=O) groups excluding carboxylic acids is 1. The lowest BCUT2D eigenvalue weighted by Gasteiger charge is -2.17. The van der Waals surface area contributed by atoms with Crippen molar-refractivity contribution in [2.45, 2.75) is 12.1 Å². The fraction of sp³-hybridized carbons (Fsp3) is 0.136. The van der Waals surface area contributed by atoms with E-state index < -0.39 is 19.0 Å². The zero-order chi connectivity index (χ0) is 19.9. The van der Waals surface area contributed by atoms with Crippen molar-refractivity contribution in [1.82, 2.24) is 4.57 Å². The summed E-state index contributed by atoms with van der Waals surface area (Å²) in [5.41, 5.74) is 0.458. The summed E-state index contributed by atoms with van der Waals surface area (Å²) in [6.07, 6.45) is 1.61. The standard InChI is InChI=1S/C22H20NO4P/c1-23-14-19(18-8-4-5-9-20(18)23)22(28(25,26)27)21(24)13-15-10-11-16-6-2-3-7-17(16)12-15/h2-12,14,22H,13H2,1H3,(H2,25,26,27). The molecule has 0 fully saturated rings. The number of Topliss-reactive ketones (excluding diaryl/α,β-unsaturated/α-hetero) is 1. The summed E-state index contributed by atoms with van der Waals surface area (Å²) in [6, 6.07) is 20.8. The van der Waals surface area contributed by atoms with Crippen molar-refractivity contribution >= 4 is 35.1 Å². The average Bonchev–Trinajstić information content (AvgIpc) is 2.97. The maximum Gasteiger partial charge on any atom is 0.340 e. The Bertz CT molecular complexity index is 1240. The molecular formula is C22H20NO4P. The Kier molecular flexibility index (Phi) is 4.68. The van der Waals surface area contributed by atoms with E-state index in [-0.39, 0.29) is 6.42 Å². The molecule has 1 atom stereocenters. The van der Waals surface area contributed by atoms with Crippen molar-refractivity contribution in [2.75, 3.05) is 0 Å². The van der Waals surface area contributed by atoms with Crippen LogP contribution in [0.25, 0.3) is 21.7 Å². The molecule has 28 heavy (non-hydrogen) atoms. The number of nitrogens with zero attached hydrogens (tertiary/aromatic N) is 1. The quantitative estimate of drug-likeness (QED) is 0.494. The molecule has 1 heterocycles. The van der Waals surface area contributed by atoms with Gasteiger partial charge in [0.2, 0.25) is 0 Å². The average molecular weight is 393 g/mol. The highest BCUT2D eigenvalue weighted by atomic mass is 31.2. The van der Waals surface area contributed by atoms with Gasteiger partial charge in [-0.05, 0) is 22.4 Å². The minimum absolute atomic E-state index is 0.0379. The van der Waals surface area contributed by atoms with E-state index in [1.165, 1.54) is 0 Å². The Labute approximate surface area is 162 Å². The van der Waals surface area contributed by atoms with E-state index in [1.54, 1.807) is 29.9 Å². The van der Waals surface area contributed by atoms with Crippen LogP contribution in [0.5, 0.6) is 0 Å². The molecule has 0 aliphatic carbocycles. The third-order valence-corrected chi connectivity index (χ3v) is 6.29. The first-order chi connectivity index (χ1) is 13.3. The normalized spacial score (nSPS) is 13.1. The summed E-state index contributed by atoms with van der Waals surface area (Å²) in [5, 5.41) is 2.73. The molecule has 0 amide bonds. The molecule has 0 spiro atoms. The predicted octanol–water partition coefficient (Wildman–Crippen LogP) is 4.36. The molecule has 4 rings (SSSR count). The zero-order valence-corrected chi connectivity index (χ0v) is 16.2. The molecule has 1 unspecified atom stereocenters. The van der Waals surface area contributed by atoms with Gasteiger partial charge in [-0.25, -0.2) is 0 Å². The number of carbonyl (C=O) groups is 1. The maximum absolute atomic E-state index is 13.0. The van der Waals surface area contributed by atoms with Crippen LogP contribution in [0.15, 0.2) is 72.9 Å². The van der Waals surface area contributed by atoms with Crippen LogP contribution in [-0.4, -0.2) is 20.1 Å². The molecular weight excluding hydrogens is 373 g/mol. The SMILES string of the molecule is Cn1cc(C(C(=O)Cc2ccc3ccccc3c2)P(=O)(O)O)c2ccccc21. The van der Waals surface area contributed by atoms with Crippen LogP contribution in [0, 0.1) is 0 Å². The minimum Gasteiger partial charge on any atom is -0.350 e. The van der Waals surface area contributed by atoms with Crippen molar-refractivity contribution in [3.63, 3.8) is 0 Å². The van der Waals surface area contributed by atoms with Crippen LogP contribution in [0.4, 0.5) is 0 Å². The van der Waals surface area contributed by atoms with Crippen LogP contribution in [0.1, 0.15) is 16.8 Å². The van der Waals surface area contributed by atoms with E-state index in [2.05, 4.69) is 0 Å². The Hall–Kier alpha value is -2.72. The molecule has 5 nitrogen and oxygen atoms in total. The van der Waals surface area contributed by atoms with Gasteiger partial charge in [0.05, 0.1) is 0 Å². The van der Waals surface area contributed by atoms with E-state index in [9.17, 15) is 19.1 Å². The topological polar surface area (TPSA) is 79.5 Å². The molecule has 0 saturated carbocycles. The van der Waals surface area contributed by atoms with Crippen LogP contribution >= 0.6 is 7.60 Å². The number of rotatable bonds is 5. The van der Waals surface area contributed by atoms with Crippen LogP contribution in [-0.2, 0) is 22.8 Å². The first-order valence-electron chi connectivity index (χ1n) is 8.94. The molecule has 142 valence electrons. The fourth-order valence-electron chi connectivity index (χ4n) is 3.78. The zero-order valence-electron chi connectivity index (χ0n) is 15.3. The Morgan fingerprint density at radius 2 is 1.68 bits per heavy atom. The van der Waals surface area contributed by atoms with Gasteiger partial charge >= 0.3 is 7.60 Å². The smallest absolute Gasteiger partial charge is 0.340 e. The van der Waals surface area contributed by atoms with Gasteiger partial charge in [-0.15, -0.1) is 0 Å². The largest absolute Gasteiger partial charge is 0.350 e. The van der Waals surface area contributed by atoms with Crippen molar-refractivity contribution in [2.24, 2.45) is 7.05 Å². The Balaban J connectivity index is 1.75. The molecule has 6 heteroatoms. The van der Waals surface area contributed by atoms with Gasteiger partial charge in [-0.3, -0.25) is 9.36 Å². The highest BCUT2D eigenvalue weighted by Crippen LogP contribution is 2.54. The molecule has 3 aromatic carbocycles.